The van der Waals surface area contributed by atoms with E-state index in [0.29, 0.717) is 24.8 Å². The van der Waals surface area contributed by atoms with Gasteiger partial charge in [0.25, 0.3) is 0 Å². The van der Waals surface area contributed by atoms with Crippen molar-refractivity contribution in [3.05, 3.63) is 47.4 Å². The standard InChI is InChI=1S/C22H29N3O4/c1-15(2)22-23-16(3)10-21(24-22)28-14-20-13-25(8-9-27-20)12-18-6-5-7-19(11-18)29-17(4)26/h5-7,10-11,15,20H,8-9,12-14H2,1-4H3. The van der Waals surface area contributed by atoms with Gasteiger partial charge in [0.05, 0.1) is 6.61 Å². The number of carbonyl (C=O) groups is 1. The first kappa shape index (κ1) is 21.2. The number of benzene rings is 1. The van der Waals surface area contributed by atoms with E-state index in [4.69, 9.17) is 14.2 Å². The van der Waals surface area contributed by atoms with Gasteiger partial charge in [0.15, 0.2) is 0 Å². The fraction of sp³-hybridized carbons (Fsp3) is 0.500. The molecule has 1 aliphatic rings. The van der Waals surface area contributed by atoms with Gasteiger partial charge in [-0.15, -0.1) is 0 Å². The highest BCUT2D eigenvalue weighted by molar-refractivity contribution is 5.69. The van der Waals surface area contributed by atoms with Crippen molar-refractivity contribution in [1.82, 2.24) is 14.9 Å². The molecule has 1 unspecified atom stereocenters. The van der Waals surface area contributed by atoms with Crippen LogP contribution < -0.4 is 9.47 Å². The third-order valence-corrected chi connectivity index (χ3v) is 4.57. The smallest absolute Gasteiger partial charge is 0.308 e. The molecule has 156 valence electrons. The second kappa shape index (κ2) is 9.80. The van der Waals surface area contributed by atoms with Crippen LogP contribution in [0.4, 0.5) is 0 Å². The first-order valence-corrected chi connectivity index (χ1v) is 9.98. The summed E-state index contributed by atoms with van der Waals surface area (Å²) in [5.41, 5.74) is 2.00. The van der Waals surface area contributed by atoms with Crippen LogP contribution >= 0.6 is 0 Å². The van der Waals surface area contributed by atoms with Gasteiger partial charge in [-0.25, -0.2) is 4.98 Å². The third-order valence-electron chi connectivity index (χ3n) is 4.57. The fourth-order valence-electron chi connectivity index (χ4n) is 3.23. The monoisotopic (exact) mass is 399 g/mol. The summed E-state index contributed by atoms with van der Waals surface area (Å²) in [6.07, 6.45) is -0.0295. The molecule has 0 bridgehead atoms. The average Bonchev–Trinajstić information content (AvgIpc) is 2.66. The first-order valence-electron chi connectivity index (χ1n) is 9.98. The number of aromatic nitrogens is 2. The van der Waals surface area contributed by atoms with Crippen LogP contribution in [0, 0.1) is 6.92 Å². The molecule has 1 atom stereocenters. The molecule has 1 fully saturated rings. The minimum absolute atomic E-state index is 0.0295. The van der Waals surface area contributed by atoms with Crippen molar-refractivity contribution in [1.29, 1.82) is 0 Å². The summed E-state index contributed by atoms with van der Waals surface area (Å²) >= 11 is 0. The van der Waals surface area contributed by atoms with E-state index >= 15 is 0 Å². The Hall–Kier alpha value is -2.51. The van der Waals surface area contributed by atoms with Crippen LogP contribution in [0.15, 0.2) is 30.3 Å². The van der Waals surface area contributed by atoms with Crippen molar-refractivity contribution in [2.24, 2.45) is 0 Å². The van der Waals surface area contributed by atoms with Gasteiger partial charge in [-0.2, -0.15) is 4.98 Å². The van der Waals surface area contributed by atoms with Crippen molar-refractivity contribution in [2.75, 3.05) is 26.3 Å². The van der Waals surface area contributed by atoms with Crippen molar-refractivity contribution in [2.45, 2.75) is 46.3 Å². The number of aryl methyl sites for hydroxylation is 1. The van der Waals surface area contributed by atoms with E-state index in [2.05, 4.69) is 28.7 Å². The summed E-state index contributed by atoms with van der Waals surface area (Å²) < 4.78 is 17.0. The molecule has 0 spiro atoms. The van der Waals surface area contributed by atoms with Gasteiger partial charge in [0.1, 0.15) is 24.3 Å². The number of rotatable bonds is 7. The molecule has 0 amide bonds. The maximum atomic E-state index is 11.2. The molecule has 0 saturated carbocycles. The number of carbonyl (C=O) groups excluding carboxylic acids is 1. The molecule has 1 saturated heterocycles. The maximum absolute atomic E-state index is 11.2. The summed E-state index contributed by atoms with van der Waals surface area (Å²) in [4.78, 5) is 22.4. The highest BCUT2D eigenvalue weighted by atomic mass is 16.5. The molecular formula is C22H29N3O4. The number of hydrogen-bond acceptors (Lipinski definition) is 7. The molecule has 2 heterocycles. The SMILES string of the molecule is CC(=O)Oc1cccc(CN2CCOC(COc3cc(C)nc(C(C)C)n3)C2)c1. The molecule has 0 N–H and O–H groups in total. The number of nitrogens with zero attached hydrogens (tertiary/aromatic N) is 3. The van der Waals surface area contributed by atoms with Gasteiger partial charge < -0.3 is 14.2 Å². The zero-order valence-electron chi connectivity index (χ0n) is 17.6. The lowest BCUT2D eigenvalue weighted by Gasteiger charge is -2.32. The Labute approximate surface area is 172 Å². The zero-order valence-corrected chi connectivity index (χ0v) is 17.6. The van der Waals surface area contributed by atoms with Gasteiger partial charge in [-0.05, 0) is 24.6 Å². The third kappa shape index (κ3) is 6.51. The Balaban J connectivity index is 1.55. The predicted molar refractivity (Wildman–Crippen MR) is 109 cm³/mol. The zero-order chi connectivity index (χ0) is 20.8. The van der Waals surface area contributed by atoms with Crippen LogP contribution in [0.25, 0.3) is 0 Å². The second-order valence-corrected chi connectivity index (χ2v) is 7.64. The van der Waals surface area contributed by atoms with Crippen LogP contribution in [0.5, 0.6) is 11.6 Å². The lowest BCUT2D eigenvalue weighted by Crippen LogP contribution is -2.44. The second-order valence-electron chi connectivity index (χ2n) is 7.64. The lowest BCUT2D eigenvalue weighted by molar-refractivity contribution is -0.131. The summed E-state index contributed by atoms with van der Waals surface area (Å²) in [5, 5.41) is 0. The maximum Gasteiger partial charge on any atom is 0.308 e. The molecule has 1 aromatic carbocycles. The first-order chi connectivity index (χ1) is 13.9. The molecule has 0 radical (unpaired) electrons. The van der Waals surface area contributed by atoms with E-state index < -0.39 is 0 Å². The van der Waals surface area contributed by atoms with Gasteiger partial charge in [-0.3, -0.25) is 9.69 Å². The summed E-state index contributed by atoms with van der Waals surface area (Å²) in [6, 6.07) is 9.48. The fourth-order valence-corrected chi connectivity index (χ4v) is 3.23. The quantitative estimate of drug-likeness (QED) is 0.523. The molecule has 7 nitrogen and oxygen atoms in total. The normalized spacial score (nSPS) is 17.3. The van der Waals surface area contributed by atoms with Crippen molar-refractivity contribution >= 4 is 5.97 Å². The molecule has 1 aliphatic heterocycles. The van der Waals surface area contributed by atoms with Crippen LogP contribution in [-0.4, -0.2) is 53.2 Å². The molecule has 29 heavy (non-hydrogen) atoms. The molecular weight excluding hydrogens is 370 g/mol. The summed E-state index contributed by atoms with van der Waals surface area (Å²) in [7, 11) is 0. The van der Waals surface area contributed by atoms with E-state index in [0.717, 1.165) is 36.7 Å². The molecule has 2 aromatic rings. The van der Waals surface area contributed by atoms with Crippen LogP contribution in [0.2, 0.25) is 0 Å². The van der Waals surface area contributed by atoms with E-state index in [1.165, 1.54) is 6.92 Å². The van der Waals surface area contributed by atoms with Crippen molar-refractivity contribution in [3.63, 3.8) is 0 Å². The Bertz CT molecular complexity index is 841. The van der Waals surface area contributed by atoms with E-state index in [1.54, 1.807) is 6.07 Å². The molecule has 1 aromatic heterocycles. The van der Waals surface area contributed by atoms with Crippen LogP contribution in [0.3, 0.4) is 0 Å². The van der Waals surface area contributed by atoms with E-state index in [9.17, 15) is 4.79 Å². The van der Waals surface area contributed by atoms with Crippen LogP contribution in [-0.2, 0) is 16.1 Å². The minimum Gasteiger partial charge on any atom is -0.475 e. The van der Waals surface area contributed by atoms with Gasteiger partial charge in [0.2, 0.25) is 5.88 Å². The average molecular weight is 399 g/mol. The minimum atomic E-state index is -0.314. The molecule has 0 aliphatic carbocycles. The van der Waals surface area contributed by atoms with Gasteiger partial charge in [-0.1, -0.05) is 26.0 Å². The largest absolute Gasteiger partial charge is 0.475 e. The topological polar surface area (TPSA) is 73.8 Å². The van der Waals surface area contributed by atoms with Gasteiger partial charge in [0, 0.05) is 44.2 Å². The highest BCUT2D eigenvalue weighted by Gasteiger charge is 2.22. The number of morpholine rings is 1. The molecule has 3 rings (SSSR count). The Morgan fingerprint density at radius 3 is 2.90 bits per heavy atom. The number of hydrogen-bond donors (Lipinski definition) is 0. The lowest BCUT2D eigenvalue weighted by atomic mass is 10.2. The predicted octanol–water partition coefficient (Wildman–Crippen LogP) is 3.11. The van der Waals surface area contributed by atoms with E-state index in [1.807, 2.05) is 31.2 Å². The number of ether oxygens (including phenoxy) is 3. The Kier molecular flexibility index (Phi) is 7.17. The van der Waals surface area contributed by atoms with Crippen molar-refractivity contribution in [3.8, 4) is 11.6 Å². The summed E-state index contributed by atoms with van der Waals surface area (Å²) in [6.45, 7) is 11.0. The van der Waals surface area contributed by atoms with Crippen molar-refractivity contribution < 1.29 is 19.0 Å². The number of esters is 1. The summed E-state index contributed by atoms with van der Waals surface area (Å²) in [5.74, 6) is 1.89. The van der Waals surface area contributed by atoms with Gasteiger partial charge >= 0.3 is 5.97 Å². The Morgan fingerprint density at radius 1 is 1.31 bits per heavy atom. The van der Waals surface area contributed by atoms with Crippen LogP contribution in [0.1, 0.15) is 43.8 Å². The molecule has 7 heteroatoms. The highest BCUT2D eigenvalue weighted by Crippen LogP contribution is 2.18. The Morgan fingerprint density at radius 2 is 2.14 bits per heavy atom. The van der Waals surface area contributed by atoms with E-state index in [-0.39, 0.29) is 18.0 Å².